The van der Waals surface area contributed by atoms with E-state index < -0.39 is 23.9 Å². The normalized spacial score (nSPS) is 22.9. The van der Waals surface area contributed by atoms with Crippen LogP contribution in [0.5, 0.6) is 0 Å². The molecule has 0 bridgehead atoms. The lowest BCUT2D eigenvalue weighted by Crippen LogP contribution is -2.57. The summed E-state index contributed by atoms with van der Waals surface area (Å²) in [6, 6.07) is 2.22. The average Bonchev–Trinajstić information content (AvgIpc) is 3.29. The van der Waals surface area contributed by atoms with Gasteiger partial charge in [0.1, 0.15) is 5.82 Å². The van der Waals surface area contributed by atoms with Crippen LogP contribution in [0.1, 0.15) is 46.6 Å². The molecule has 0 aromatic carbocycles. The molecule has 4 N–H and O–H groups in total. The van der Waals surface area contributed by atoms with E-state index >= 15 is 0 Å². The summed E-state index contributed by atoms with van der Waals surface area (Å²) in [6.45, 7) is 2.74. The first kappa shape index (κ1) is 27.0. The Kier molecular flexibility index (Phi) is 8.40. The van der Waals surface area contributed by atoms with Crippen molar-refractivity contribution in [2.45, 2.75) is 57.3 Å². The Balaban J connectivity index is 1.45. The maximum absolute atomic E-state index is 13.2. The van der Waals surface area contributed by atoms with Crippen LogP contribution in [-0.4, -0.2) is 70.7 Å². The zero-order valence-corrected chi connectivity index (χ0v) is 22.4. The highest BCUT2D eigenvalue weighted by Crippen LogP contribution is 2.28. The molecule has 4 rings (SSSR count). The van der Waals surface area contributed by atoms with E-state index in [1.807, 2.05) is 0 Å². The van der Waals surface area contributed by atoms with Crippen molar-refractivity contribution < 1.29 is 19.2 Å². The minimum absolute atomic E-state index is 0.0413. The molecule has 2 aromatic rings. The minimum Gasteiger partial charge on any atom is -0.349 e. The second kappa shape index (κ2) is 11.5. The van der Waals surface area contributed by atoms with Crippen molar-refractivity contribution in [1.82, 2.24) is 30.8 Å². The maximum atomic E-state index is 13.2. The number of pyridine rings is 1. The molecule has 4 atom stereocenters. The summed E-state index contributed by atoms with van der Waals surface area (Å²) in [7, 11) is 3.38. The summed E-state index contributed by atoms with van der Waals surface area (Å²) >= 11 is 7.15. The molecule has 1 aliphatic heterocycles. The molecular weight excluding hydrogens is 518 g/mol. The van der Waals surface area contributed by atoms with Gasteiger partial charge in [-0.3, -0.25) is 19.2 Å². The number of nitrogens with one attached hydrogen (secondary N) is 4. The number of fused-ring (bicyclic) bond motifs is 1. The van der Waals surface area contributed by atoms with E-state index in [0.717, 1.165) is 17.0 Å². The number of hydrogen-bond donors (Lipinski definition) is 4. The SMILES string of the molecule is C[C@@H]1Cc2nc(C(=O)N[C@H]3C[C@@H](C(=O)N(C)C)CC[C@@H]3NC(=O)C(=O)Nc3ccc(Cl)cn3)sc2CN1. The van der Waals surface area contributed by atoms with Gasteiger partial charge in [-0.05, 0) is 38.3 Å². The van der Waals surface area contributed by atoms with Crippen molar-refractivity contribution in [3.05, 3.63) is 38.9 Å². The quantitative estimate of drug-likeness (QED) is 0.413. The number of hydrogen-bond acceptors (Lipinski definition) is 8. The van der Waals surface area contributed by atoms with Crippen LogP contribution in [0.3, 0.4) is 0 Å². The highest BCUT2D eigenvalue weighted by Gasteiger charge is 2.37. The maximum Gasteiger partial charge on any atom is 0.314 e. The van der Waals surface area contributed by atoms with E-state index in [1.165, 1.54) is 28.5 Å². The van der Waals surface area contributed by atoms with Crippen LogP contribution in [0.2, 0.25) is 5.02 Å². The number of halogens is 1. The number of amides is 4. The second-order valence-electron chi connectivity index (χ2n) is 9.59. The molecule has 0 unspecified atom stereocenters. The third-order valence-electron chi connectivity index (χ3n) is 6.53. The molecule has 0 saturated heterocycles. The van der Waals surface area contributed by atoms with Crippen LogP contribution >= 0.6 is 22.9 Å². The fourth-order valence-electron chi connectivity index (χ4n) is 4.59. The smallest absolute Gasteiger partial charge is 0.314 e. The van der Waals surface area contributed by atoms with Gasteiger partial charge >= 0.3 is 11.8 Å². The Morgan fingerprint density at radius 1 is 1.11 bits per heavy atom. The number of rotatable bonds is 5. The summed E-state index contributed by atoms with van der Waals surface area (Å²) in [4.78, 5) is 62.0. The molecule has 4 amide bonds. The van der Waals surface area contributed by atoms with Crippen LogP contribution < -0.4 is 21.3 Å². The molecular formula is C24H30ClN7O4S. The first-order chi connectivity index (χ1) is 17.6. The molecule has 0 radical (unpaired) electrons. The number of thiazole rings is 1. The van der Waals surface area contributed by atoms with Crippen LogP contribution in [0.4, 0.5) is 5.82 Å². The first-order valence-electron chi connectivity index (χ1n) is 12.1. The topological polar surface area (TPSA) is 145 Å². The Morgan fingerprint density at radius 3 is 2.59 bits per heavy atom. The second-order valence-corrected chi connectivity index (χ2v) is 11.1. The summed E-state index contributed by atoms with van der Waals surface area (Å²) in [6.07, 6.45) is 3.37. The van der Waals surface area contributed by atoms with Crippen LogP contribution in [0.25, 0.3) is 0 Å². The minimum atomic E-state index is -0.888. The van der Waals surface area contributed by atoms with E-state index in [0.29, 0.717) is 35.8 Å². The third-order valence-corrected chi connectivity index (χ3v) is 7.85. The Bertz CT molecular complexity index is 1190. The molecule has 1 aliphatic carbocycles. The number of nitrogens with zero attached hydrogens (tertiary/aromatic N) is 3. The molecule has 1 fully saturated rings. The van der Waals surface area contributed by atoms with E-state index in [2.05, 4.69) is 38.2 Å². The van der Waals surface area contributed by atoms with Gasteiger partial charge in [0.05, 0.1) is 16.8 Å². The van der Waals surface area contributed by atoms with Gasteiger partial charge in [-0.25, -0.2) is 9.97 Å². The highest BCUT2D eigenvalue weighted by molar-refractivity contribution is 7.13. The predicted octanol–water partition coefficient (Wildman–Crippen LogP) is 1.34. The fourth-order valence-corrected chi connectivity index (χ4v) is 5.64. The summed E-state index contributed by atoms with van der Waals surface area (Å²) in [5, 5.41) is 12.2. The monoisotopic (exact) mass is 547 g/mol. The van der Waals surface area contributed by atoms with Crippen molar-refractivity contribution in [3.63, 3.8) is 0 Å². The van der Waals surface area contributed by atoms with Gasteiger partial charge in [0.25, 0.3) is 5.91 Å². The predicted molar refractivity (Wildman–Crippen MR) is 139 cm³/mol. The molecule has 0 spiro atoms. The lowest BCUT2D eigenvalue weighted by atomic mass is 9.81. The Hall–Kier alpha value is -3.09. The number of carbonyl (C=O) groups excluding carboxylic acids is 4. The molecule has 3 heterocycles. The van der Waals surface area contributed by atoms with Crippen molar-refractivity contribution in [2.24, 2.45) is 5.92 Å². The Morgan fingerprint density at radius 2 is 1.89 bits per heavy atom. The number of aromatic nitrogens is 2. The summed E-state index contributed by atoms with van der Waals surface area (Å²) < 4.78 is 0. The van der Waals surface area contributed by atoms with Gasteiger partial charge in [0.15, 0.2) is 5.01 Å². The first-order valence-corrected chi connectivity index (χ1v) is 13.3. The number of anilines is 1. The lowest BCUT2D eigenvalue weighted by molar-refractivity contribution is -0.137. The molecule has 1 saturated carbocycles. The Labute approximate surface area is 223 Å². The molecule has 198 valence electrons. The lowest BCUT2D eigenvalue weighted by Gasteiger charge is -2.37. The van der Waals surface area contributed by atoms with Crippen LogP contribution in [0.15, 0.2) is 18.3 Å². The van der Waals surface area contributed by atoms with Gasteiger partial charge in [0.2, 0.25) is 5.91 Å². The summed E-state index contributed by atoms with van der Waals surface area (Å²) in [5.41, 5.74) is 0.919. The van der Waals surface area contributed by atoms with Gasteiger partial charge in [-0.2, -0.15) is 0 Å². The fraction of sp³-hybridized carbons (Fsp3) is 0.500. The van der Waals surface area contributed by atoms with E-state index in [-0.39, 0.29) is 29.6 Å². The molecule has 2 aromatic heterocycles. The summed E-state index contributed by atoms with van der Waals surface area (Å²) in [5.74, 6) is -2.27. The average molecular weight is 548 g/mol. The molecule has 37 heavy (non-hydrogen) atoms. The van der Waals surface area contributed by atoms with Gasteiger partial charge in [0, 0.05) is 56.1 Å². The molecule has 11 nitrogen and oxygen atoms in total. The van der Waals surface area contributed by atoms with Crippen molar-refractivity contribution in [1.29, 1.82) is 0 Å². The van der Waals surface area contributed by atoms with Gasteiger partial charge in [-0.1, -0.05) is 11.6 Å². The highest BCUT2D eigenvalue weighted by atomic mass is 35.5. The molecule has 2 aliphatic rings. The van der Waals surface area contributed by atoms with E-state index in [4.69, 9.17) is 11.6 Å². The van der Waals surface area contributed by atoms with Gasteiger partial charge in [-0.15, -0.1) is 11.3 Å². The van der Waals surface area contributed by atoms with Crippen molar-refractivity contribution in [2.75, 3.05) is 19.4 Å². The standard InChI is InChI=1S/C24H30ClN7O4S/c1-12-8-17-18(11-26-12)37-23(30-17)22(35)29-16-9-13(24(36)32(2)3)4-6-15(16)28-20(33)21(34)31-19-7-5-14(25)10-27-19/h5,7,10,12-13,15-16,26H,4,6,8-9,11H2,1-3H3,(H,28,33)(H,29,35)(H,27,31,34)/t12-,13+,15+,16+/m1/s1. The van der Waals surface area contributed by atoms with Crippen LogP contribution in [0, 0.1) is 5.92 Å². The third kappa shape index (κ3) is 6.62. The van der Waals surface area contributed by atoms with Crippen molar-refractivity contribution >= 4 is 52.4 Å². The molecule has 13 heteroatoms. The van der Waals surface area contributed by atoms with Crippen LogP contribution in [-0.2, 0) is 27.3 Å². The zero-order chi connectivity index (χ0) is 26.7. The number of carbonyl (C=O) groups is 4. The van der Waals surface area contributed by atoms with E-state index in [9.17, 15) is 19.2 Å². The van der Waals surface area contributed by atoms with Gasteiger partial charge < -0.3 is 26.2 Å². The zero-order valence-electron chi connectivity index (χ0n) is 20.8. The van der Waals surface area contributed by atoms with E-state index in [1.54, 1.807) is 20.2 Å². The largest absolute Gasteiger partial charge is 0.349 e. The van der Waals surface area contributed by atoms with Crippen molar-refractivity contribution in [3.8, 4) is 0 Å².